The Labute approximate surface area is 163 Å². The summed E-state index contributed by atoms with van der Waals surface area (Å²) < 4.78 is 26.0. The van der Waals surface area contributed by atoms with Crippen molar-refractivity contribution in [3.63, 3.8) is 0 Å². The number of rotatable bonds is 8. The second kappa shape index (κ2) is 9.41. The Morgan fingerprint density at radius 1 is 1.15 bits per heavy atom. The zero-order valence-corrected chi connectivity index (χ0v) is 17.5. The van der Waals surface area contributed by atoms with Crippen molar-refractivity contribution in [2.24, 2.45) is 5.92 Å². The van der Waals surface area contributed by atoms with Crippen LogP contribution < -0.4 is 16.0 Å². The van der Waals surface area contributed by atoms with E-state index in [1.807, 2.05) is 6.92 Å². The molecule has 152 valence electrons. The number of nitrogens with zero attached hydrogens (tertiary/aromatic N) is 1. The van der Waals surface area contributed by atoms with E-state index in [1.165, 1.54) is 24.8 Å². The SMILES string of the molecule is CCNc1ccc(S(=O)(=O)N(C)C)cc1NCC(=O)NC1CCCCC1C. The van der Waals surface area contributed by atoms with Crippen LogP contribution in [0.15, 0.2) is 23.1 Å². The highest BCUT2D eigenvalue weighted by Crippen LogP contribution is 2.27. The summed E-state index contributed by atoms with van der Waals surface area (Å²) in [5.41, 5.74) is 1.38. The zero-order valence-electron chi connectivity index (χ0n) is 16.7. The zero-order chi connectivity index (χ0) is 20.0. The first kappa shape index (κ1) is 21.5. The van der Waals surface area contributed by atoms with Gasteiger partial charge in [0.05, 0.1) is 22.8 Å². The highest BCUT2D eigenvalue weighted by Gasteiger charge is 2.23. The Bertz CT molecular complexity index is 749. The topological polar surface area (TPSA) is 90.5 Å². The molecule has 0 aromatic heterocycles. The second-order valence-electron chi connectivity index (χ2n) is 7.31. The molecule has 0 radical (unpaired) electrons. The van der Waals surface area contributed by atoms with E-state index in [0.29, 0.717) is 18.2 Å². The average Bonchev–Trinajstić information content (AvgIpc) is 2.62. The molecule has 1 aromatic carbocycles. The molecule has 1 aliphatic carbocycles. The summed E-state index contributed by atoms with van der Waals surface area (Å²) in [6, 6.07) is 5.09. The Morgan fingerprint density at radius 3 is 2.48 bits per heavy atom. The predicted molar refractivity (Wildman–Crippen MR) is 110 cm³/mol. The summed E-state index contributed by atoms with van der Waals surface area (Å²) >= 11 is 0. The second-order valence-corrected chi connectivity index (χ2v) is 9.47. The van der Waals surface area contributed by atoms with Crippen LogP contribution in [0.2, 0.25) is 0 Å². The maximum absolute atomic E-state index is 12.4. The maximum Gasteiger partial charge on any atom is 0.242 e. The van der Waals surface area contributed by atoms with Gasteiger partial charge in [0.25, 0.3) is 0 Å². The fourth-order valence-electron chi connectivity index (χ4n) is 3.35. The first-order valence-electron chi connectivity index (χ1n) is 9.59. The highest BCUT2D eigenvalue weighted by molar-refractivity contribution is 7.89. The fourth-order valence-corrected chi connectivity index (χ4v) is 4.28. The summed E-state index contributed by atoms with van der Waals surface area (Å²) in [5.74, 6) is 0.422. The van der Waals surface area contributed by atoms with Gasteiger partial charge >= 0.3 is 0 Å². The predicted octanol–water partition coefficient (Wildman–Crippen LogP) is 2.48. The lowest BCUT2D eigenvalue weighted by atomic mass is 9.86. The van der Waals surface area contributed by atoms with Crippen molar-refractivity contribution in [1.82, 2.24) is 9.62 Å². The van der Waals surface area contributed by atoms with E-state index in [9.17, 15) is 13.2 Å². The summed E-state index contributed by atoms with van der Waals surface area (Å²) in [6.45, 7) is 4.94. The molecule has 1 fully saturated rings. The summed E-state index contributed by atoms with van der Waals surface area (Å²) in [6.07, 6.45) is 4.54. The number of hydrogen-bond acceptors (Lipinski definition) is 5. The van der Waals surface area contributed by atoms with Crippen LogP contribution in [0.1, 0.15) is 39.5 Å². The third kappa shape index (κ3) is 5.59. The molecule has 0 spiro atoms. The maximum atomic E-state index is 12.4. The van der Waals surface area contributed by atoms with E-state index in [1.54, 1.807) is 18.2 Å². The molecule has 27 heavy (non-hydrogen) atoms. The number of hydrogen-bond donors (Lipinski definition) is 3. The van der Waals surface area contributed by atoms with Crippen molar-refractivity contribution in [2.45, 2.75) is 50.5 Å². The molecule has 1 amide bonds. The molecule has 0 aliphatic heterocycles. The largest absolute Gasteiger partial charge is 0.384 e. The third-order valence-electron chi connectivity index (χ3n) is 5.03. The Morgan fingerprint density at radius 2 is 1.85 bits per heavy atom. The molecular weight excluding hydrogens is 364 g/mol. The minimum Gasteiger partial charge on any atom is -0.384 e. The van der Waals surface area contributed by atoms with E-state index in [4.69, 9.17) is 0 Å². The summed E-state index contributed by atoms with van der Waals surface area (Å²) in [7, 11) is -0.536. The molecule has 2 atom stereocenters. The first-order chi connectivity index (χ1) is 12.8. The average molecular weight is 397 g/mol. The molecule has 0 heterocycles. The quantitative estimate of drug-likeness (QED) is 0.628. The number of amides is 1. The van der Waals surface area contributed by atoms with E-state index in [2.05, 4.69) is 22.9 Å². The Balaban J connectivity index is 2.10. The van der Waals surface area contributed by atoms with Gasteiger partial charge in [-0.05, 0) is 43.9 Å². The summed E-state index contributed by atoms with van der Waals surface area (Å²) in [4.78, 5) is 12.6. The number of nitrogens with one attached hydrogen (secondary N) is 3. The van der Waals surface area contributed by atoms with Gasteiger partial charge in [-0.25, -0.2) is 12.7 Å². The van der Waals surface area contributed by atoms with Gasteiger partial charge in [0.15, 0.2) is 0 Å². The lowest BCUT2D eigenvalue weighted by Gasteiger charge is -2.29. The molecule has 1 aliphatic rings. The lowest BCUT2D eigenvalue weighted by molar-refractivity contribution is -0.120. The smallest absolute Gasteiger partial charge is 0.242 e. The number of anilines is 2. The molecule has 1 aromatic rings. The van der Waals surface area contributed by atoms with Crippen LogP contribution >= 0.6 is 0 Å². The molecule has 7 nitrogen and oxygen atoms in total. The molecule has 2 rings (SSSR count). The molecule has 8 heteroatoms. The van der Waals surface area contributed by atoms with Crippen LogP contribution in [0.5, 0.6) is 0 Å². The van der Waals surface area contributed by atoms with Gasteiger partial charge in [0.2, 0.25) is 15.9 Å². The van der Waals surface area contributed by atoms with Gasteiger partial charge in [-0.1, -0.05) is 19.8 Å². The standard InChI is InChI=1S/C19H32N4O3S/c1-5-20-17-11-10-15(27(25,26)23(3)4)12-18(17)21-13-19(24)22-16-9-7-6-8-14(16)2/h10-12,14,16,20-21H,5-9,13H2,1-4H3,(H,22,24). The van der Waals surface area contributed by atoms with Crippen LogP contribution in [0.4, 0.5) is 11.4 Å². The van der Waals surface area contributed by atoms with Crippen molar-refractivity contribution in [2.75, 3.05) is 37.8 Å². The Hall–Kier alpha value is -1.80. The van der Waals surface area contributed by atoms with Crippen molar-refractivity contribution in [1.29, 1.82) is 0 Å². The van der Waals surface area contributed by atoms with Crippen molar-refractivity contribution in [3.8, 4) is 0 Å². The number of sulfonamides is 1. The minimum atomic E-state index is -3.53. The van der Waals surface area contributed by atoms with Gasteiger partial charge in [-0.3, -0.25) is 4.79 Å². The monoisotopic (exact) mass is 396 g/mol. The molecule has 0 bridgehead atoms. The normalized spacial score (nSPS) is 20.3. The minimum absolute atomic E-state index is 0.0722. The van der Waals surface area contributed by atoms with E-state index >= 15 is 0 Å². The van der Waals surface area contributed by atoms with Gasteiger partial charge in [-0.2, -0.15) is 0 Å². The lowest BCUT2D eigenvalue weighted by Crippen LogP contribution is -2.43. The first-order valence-corrected chi connectivity index (χ1v) is 11.0. The van der Waals surface area contributed by atoms with Crippen LogP contribution in [0, 0.1) is 5.92 Å². The molecule has 2 unspecified atom stereocenters. The van der Waals surface area contributed by atoms with E-state index in [-0.39, 0.29) is 23.4 Å². The molecule has 0 saturated heterocycles. The van der Waals surface area contributed by atoms with Gasteiger partial charge in [0, 0.05) is 26.7 Å². The third-order valence-corrected chi connectivity index (χ3v) is 6.85. The van der Waals surface area contributed by atoms with Gasteiger partial charge in [-0.15, -0.1) is 0 Å². The molecule has 3 N–H and O–H groups in total. The van der Waals surface area contributed by atoms with Crippen LogP contribution in [-0.2, 0) is 14.8 Å². The van der Waals surface area contributed by atoms with Crippen LogP contribution in [0.3, 0.4) is 0 Å². The van der Waals surface area contributed by atoms with Crippen molar-refractivity contribution >= 4 is 27.3 Å². The number of carbonyl (C=O) groups is 1. The van der Waals surface area contributed by atoms with Gasteiger partial charge < -0.3 is 16.0 Å². The van der Waals surface area contributed by atoms with E-state index in [0.717, 1.165) is 24.9 Å². The van der Waals surface area contributed by atoms with Crippen molar-refractivity contribution in [3.05, 3.63) is 18.2 Å². The van der Waals surface area contributed by atoms with Crippen LogP contribution in [0.25, 0.3) is 0 Å². The molecule has 1 saturated carbocycles. The van der Waals surface area contributed by atoms with E-state index < -0.39 is 10.0 Å². The Kier molecular flexibility index (Phi) is 7.49. The fraction of sp³-hybridized carbons (Fsp3) is 0.632. The molecular formula is C19H32N4O3S. The van der Waals surface area contributed by atoms with Crippen LogP contribution in [-0.4, -0.2) is 51.9 Å². The number of benzene rings is 1. The summed E-state index contributed by atoms with van der Waals surface area (Å²) in [5, 5.41) is 9.39. The van der Waals surface area contributed by atoms with Gasteiger partial charge in [0.1, 0.15) is 0 Å². The highest BCUT2D eigenvalue weighted by atomic mass is 32.2. The number of carbonyl (C=O) groups excluding carboxylic acids is 1. The van der Waals surface area contributed by atoms with Crippen molar-refractivity contribution < 1.29 is 13.2 Å².